The molecular formula is C24H32O5S. The van der Waals surface area contributed by atoms with E-state index in [9.17, 15) is 0 Å². The molecule has 0 amide bonds. The molecule has 0 bridgehead atoms. The maximum absolute atomic E-state index is 8.90. The molecule has 164 valence electrons. The number of aliphatic hydroxyl groups is 1. The van der Waals surface area contributed by atoms with Gasteiger partial charge in [-0.1, -0.05) is 32.0 Å². The van der Waals surface area contributed by atoms with Crippen LogP contribution in [0.5, 0.6) is 11.5 Å². The van der Waals surface area contributed by atoms with Gasteiger partial charge in [0.15, 0.2) is 5.79 Å². The molecule has 1 unspecified atom stereocenters. The minimum atomic E-state index is -0.535. The first-order chi connectivity index (χ1) is 14.2. The second-order valence-corrected chi connectivity index (χ2v) is 9.00. The maximum atomic E-state index is 8.90. The van der Waals surface area contributed by atoms with Gasteiger partial charge in [0.1, 0.15) is 24.2 Å². The summed E-state index contributed by atoms with van der Waals surface area (Å²) in [6.07, 6.45) is 0.551. The van der Waals surface area contributed by atoms with E-state index in [1.807, 2.05) is 38.1 Å². The van der Waals surface area contributed by atoms with Crippen LogP contribution in [0.4, 0.5) is 0 Å². The summed E-state index contributed by atoms with van der Waals surface area (Å²) < 4.78 is 22.9. The van der Waals surface area contributed by atoms with Gasteiger partial charge in [0.25, 0.3) is 0 Å². The van der Waals surface area contributed by atoms with E-state index >= 15 is 0 Å². The van der Waals surface area contributed by atoms with Crippen molar-refractivity contribution in [3.8, 4) is 11.5 Å². The normalized spacial score (nSPS) is 18.4. The van der Waals surface area contributed by atoms with Crippen LogP contribution in [0.3, 0.4) is 0 Å². The minimum absolute atomic E-state index is 0.0527. The largest absolute Gasteiger partial charge is 0.492 e. The first-order valence-electron chi connectivity index (χ1n) is 10.3. The summed E-state index contributed by atoms with van der Waals surface area (Å²) in [6, 6.07) is 14.2. The fourth-order valence-corrected chi connectivity index (χ4v) is 3.72. The van der Waals surface area contributed by atoms with Crippen molar-refractivity contribution in [3.63, 3.8) is 0 Å². The van der Waals surface area contributed by atoms with Gasteiger partial charge in [-0.25, -0.2) is 0 Å². The van der Waals surface area contributed by atoms with E-state index in [4.69, 9.17) is 24.1 Å². The lowest BCUT2D eigenvalue weighted by atomic mass is 9.78. The standard InChI is InChI=1S/C24H32O5S/c1-23(2,18-8-11-21(22(30)14-18)26-13-5-12-25)17-6-9-19(10-7-17)27-15-20-16-28-24(3,4)29-20/h6-11,14,20,25,30H,5,12-13,15-16H2,1-4H3. The summed E-state index contributed by atoms with van der Waals surface area (Å²) in [5.74, 6) is 1.01. The second-order valence-electron chi connectivity index (χ2n) is 8.52. The third-order valence-electron chi connectivity index (χ3n) is 5.32. The highest BCUT2D eigenvalue weighted by molar-refractivity contribution is 7.80. The number of thiol groups is 1. The molecule has 3 rings (SSSR count). The Balaban J connectivity index is 1.63. The molecule has 0 spiro atoms. The first-order valence-corrected chi connectivity index (χ1v) is 10.8. The zero-order valence-corrected chi connectivity index (χ0v) is 19.1. The van der Waals surface area contributed by atoms with Crippen molar-refractivity contribution < 1.29 is 24.1 Å². The van der Waals surface area contributed by atoms with E-state index < -0.39 is 5.79 Å². The van der Waals surface area contributed by atoms with Crippen molar-refractivity contribution in [2.75, 3.05) is 26.4 Å². The van der Waals surface area contributed by atoms with Gasteiger partial charge in [-0.3, -0.25) is 0 Å². The van der Waals surface area contributed by atoms with E-state index in [-0.39, 0.29) is 18.1 Å². The lowest BCUT2D eigenvalue weighted by molar-refractivity contribution is -0.141. The average molecular weight is 433 g/mol. The van der Waals surface area contributed by atoms with E-state index in [0.717, 1.165) is 22.0 Å². The molecule has 1 fully saturated rings. The van der Waals surface area contributed by atoms with Crippen molar-refractivity contribution >= 4 is 12.6 Å². The molecule has 1 aliphatic heterocycles. The van der Waals surface area contributed by atoms with E-state index in [1.54, 1.807) is 0 Å². The van der Waals surface area contributed by atoms with Gasteiger partial charge in [0.05, 0.1) is 13.2 Å². The predicted octanol–water partition coefficient (Wildman–Crippen LogP) is 4.59. The van der Waals surface area contributed by atoms with Crippen LogP contribution in [0.2, 0.25) is 0 Å². The minimum Gasteiger partial charge on any atom is -0.492 e. The molecule has 2 aromatic carbocycles. The Hall–Kier alpha value is -1.73. The van der Waals surface area contributed by atoms with Crippen LogP contribution >= 0.6 is 12.6 Å². The van der Waals surface area contributed by atoms with Gasteiger partial charge in [0, 0.05) is 23.3 Å². The Kier molecular flexibility index (Phi) is 7.34. The van der Waals surface area contributed by atoms with Crippen molar-refractivity contribution in [1.82, 2.24) is 0 Å². The fourth-order valence-electron chi connectivity index (χ4n) is 3.44. The van der Waals surface area contributed by atoms with Crippen LogP contribution in [0.15, 0.2) is 47.4 Å². The molecule has 0 radical (unpaired) electrons. The van der Waals surface area contributed by atoms with E-state index in [2.05, 4.69) is 44.7 Å². The molecule has 0 saturated carbocycles. The summed E-state index contributed by atoms with van der Waals surface area (Å²) >= 11 is 4.58. The Bertz CT molecular complexity index is 832. The molecule has 6 heteroatoms. The van der Waals surface area contributed by atoms with Gasteiger partial charge in [-0.2, -0.15) is 0 Å². The molecule has 1 heterocycles. The van der Waals surface area contributed by atoms with Crippen LogP contribution in [-0.4, -0.2) is 43.4 Å². The molecule has 1 atom stereocenters. The maximum Gasteiger partial charge on any atom is 0.163 e. The molecule has 5 nitrogen and oxygen atoms in total. The second kappa shape index (κ2) is 9.60. The van der Waals surface area contributed by atoms with Gasteiger partial charge >= 0.3 is 0 Å². The zero-order valence-electron chi connectivity index (χ0n) is 18.2. The van der Waals surface area contributed by atoms with Crippen LogP contribution in [0.1, 0.15) is 45.2 Å². The molecule has 1 N–H and O–H groups in total. The summed E-state index contributed by atoms with van der Waals surface area (Å²) in [7, 11) is 0. The topological polar surface area (TPSA) is 57.2 Å². The van der Waals surface area contributed by atoms with Crippen molar-refractivity contribution in [2.24, 2.45) is 0 Å². The Labute approximate surface area is 184 Å². The third kappa shape index (κ3) is 5.70. The highest BCUT2D eigenvalue weighted by Crippen LogP contribution is 2.36. The summed E-state index contributed by atoms with van der Waals surface area (Å²) in [4.78, 5) is 0.792. The highest BCUT2D eigenvalue weighted by Gasteiger charge is 2.33. The molecular weight excluding hydrogens is 400 g/mol. The SMILES string of the molecule is CC1(C)OCC(COc2ccc(C(C)(C)c3ccc(OCCCO)c(S)c3)cc2)O1. The summed E-state index contributed by atoms with van der Waals surface area (Å²) in [6.45, 7) is 9.79. The number of hydrogen-bond donors (Lipinski definition) is 2. The molecule has 30 heavy (non-hydrogen) atoms. The van der Waals surface area contributed by atoms with Crippen LogP contribution in [0.25, 0.3) is 0 Å². The quantitative estimate of drug-likeness (QED) is 0.448. The predicted molar refractivity (Wildman–Crippen MR) is 120 cm³/mol. The fraction of sp³-hybridized carbons (Fsp3) is 0.500. The number of hydrogen-bond acceptors (Lipinski definition) is 6. The van der Waals surface area contributed by atoms with Gasteiger partial charge in [0.2, 0.25) is 0 Å². The summed E-state index contributed by atoms with van der Waals surface area (Å²) in [5, 5.41) is 8.90. The molecule has 0 aromatic heterocycles. The van der Waals surface area contributed by atoms with Gasteiger partial charge < -0.3 is 24.1 Å². The van der Waals surface area contributed by atoms with Crippen molar-refractivity contribution in [3.05, 3.63) is 53.6 Å². The molecule has 0 aliphatic carbocycles. The number of benzene rings is 2. The van der Waals surface area contributed by atoms with Crippen molar-refractivity contribution in [2.45, 2.75) is 56.3 Å². The first kappa shape index (κ1) is 22.9. The molecule has 1 saturated heterocycles. The Morgan fingerprint density at radius 1 is 1.10 bits per heavy atom. The van der Waals surface area contributed by atoms with Crippen LogP contribution in [-0.2, 0) is 14.9 Å². The Morgan fingerprint density at radius 2 is 1.80 bits per heavy atom. The van der Waals surface area contributed by atoms with E-state index in [0.29, 0.717) is 26.2 Å². The lowest BCUT2D eigenvalue weighted by Gasteiger charge is -2.27. The average Bonchev–Trinajstić information content (AvgIpc) is 3.06. The van der Waals surface area contributed by atoms with E-state index in [1.165, 1.54) is 5.56 Å². The zero-order chi connectivity index (χ0) is 21.8. The van der Waals surface area contributed by atoms with Gasteiger partial charge in [-0.05, 0) is 49.2 Å². The summed E-state index contributed by atoms with van der Waals surface area (Å²) in [5.41, 5.74) is 2.12. The van der Waals surface area contributed by atoms with Crippen LogP contribution in [0, 0.1) is 0 Å². The van der Waals surface area contributed by atoms with Gasteiger partial charge in [-0.15, -0.1) is 12.6 Å². The monoisotopic (exact) mass is 432 g/mol. The molecule has 1 aliphatic rings. The highest BCUT2D eigenvalue weighted by atomic mass is 32.1. The Morgan fingerprint density at radius 3 is 2.40 bits per heavy atom. The third-order valence-corrected chi connectivity index (χ3v) is 5.67. The number of ether oxygens (including phenoxy) is 4. The van der Waals surface area contributed by atoms with Crippen molar-refractivity contribution in [1.29, 1.82) is 0 Å². The lowest BCUT2D eigenvalue weighted by Crippen LogP contribution is -2.25. The smallest absolute Gasteiger partial charge is 0.163 e. The number of aliphatic hydroxyl groups excluding tert-OH is 1. The van der Waals surface area contributed by atoms with Crippen LogP contribution < -0.4 is 9.47 Å². The number of rotatable bonds is 9. The molecule has 2 aromatic rings.